The van der Waals surface area contributed by atoms with Gasteiger partial charge >= 0.3 is 0 Å². The maximum absolute atomic E-state index is 12.1. The van der Waals surface area contributed by atoms with Gasteiger partial charge < -0.3 is 5.11 Å². The molecule has 0 aliphatic carbocycles. The molecule has 0 radical (unpaired) electrons. The Morgan fingerprint density at radius 1 is 1.00 bits per heavy atom. The zero-order valence-corrected chi connectivity index (χ0v) is 10.3. The van der Waals surface area contributed by atoms with Crippen LogP contribution in [-0.4, -0.2) is 10.9 Å². The highest BCUT2D eigenvalue weighted by atomic mass is 32.2. The molecule has 88 valence electrons. The lowest BCUT2D eigenvalue weighted by Gasteiger charge is -1.99. The van der Waals surface area contributed by atoms with E-state index in [1.165, 1.54) is 11.8 Å². The SMILES string of the molecule is O=C1/C(=C\c2ccccc2O)Sc2ccccc21. The van der Waals surface area contributed by atoms with Gasteiger partial charge in [-0.1, -0.05) is 42.1 Å². The molecule has 0 unspecified atom stereocenters. The molecule has 2 aromatic carbocycles. The normalized spacial score (nSPS) is 16.0. The largest absolute Gasteiger partial charge is 0.507 e. The van der Waals surface area contributed by atoms with Crippen LogP contribution in [-0.2, 0) is 0 Å². The van der Waals surface area contributed by atoms with Gasteiger partial charge in [0.1, 0.15) is 5.75 Å². The van der Waals surface area contributed by atoms with Crippen LogP contribution in [0.4, 0.5) is 0 Å². The molecule has 18 heavy (non-hydrogen) atoms. The van der Waals surface area contributed by atoms with E-state index in [0.717, 1.165) is 10.5 Å². The number of fused-ring (bicyclic) bond motifs is 1. The lowest BCUT2D eigenvalue weighted by molar-refractivity contribution is 0.104. The van der Waals surface area contributed by atoms with Gasteiger partial charge in [-0.15, -0.1) is 0 Å². The number of hydrogen-bond donors (Lipinski definition) is 1. The van der Waals surface area contributed by atoms with Gasteiger partial charge in [-0.25, -0.2) is 0 Å². The zero-order valence-electron chi connectivity index (χ0n) is 9.46. The summed E-state index contributed by atoms with van der Waals surface area (Å²) in [6, 6.07) is 14.5. The number of allylic oxidation sites excluding steroid dienone is 1. The number of carbonyl (C=O) groups excluding carboxylic acids is 1. The number of hydrogen-bond acceptors (Lipinski definition) is 3. The summed E-state index contributed by atoms with van der Waals surface area (Å²) in [5.41, 5.74) is 1.41. The molecular weight excluding hydrogens is 244 g/mol. The summed E-state index contributed by atoms with van der Waals surface area (Å²) in [6.07, 6.45) is 1.74. The van der Waals surface area contributed by atoms with E-state index in [0.29, 0.717) is 10.5 Å². The molecular formula is C15H10O2S. The van der Waals surface area contributed by atoms with Crippen molar-refractivity contribution in [2.45, 2.75) is 4.90 Å². The van der Waals surface area contributed by atoms with Crippen molar-refractivity contribution in [2.75, 3.05) is 0 Å². The molecule has 3 heteroatoms. The molecule has 1 aliphatic heterocycles. The average molecular weight is 254 g/mol. The fraction of sp³-hybridized carbons (Fsp3) is 0. The molecule has 1 aliphatic rings. The van der Waals surface area contributed by atoms with E-state index in [9.17, 15) is 9.90 Å². The Balaban J connectivity index is 2.02. The lowest BCUT2D eigenvalue weighted by atomic mass is 10.1. The van der Waals surface area contributed by atoms with E-state index in [1.807, 2.05) is 30.3 Å². The highest BCUT2D eigenvalue weighted by Crippen LogP contribution is 2.41. The van der Waals surface area contributed by atoms with E-state index < -0.39 is 0 Å². The van der Waals surface area contributed by atoms with Crippen LogP contribution >= 0.6 is 11.8 Å². The Kier molecular flexibility index (Phi) is 2.68. The molecule has 0 amide bonds. The number of aromatic hydroxyl groups is 1. The van der Waals surface area contributed by atoms with Gasteiger partial charge in [0.2, 0.25) is 5.78 Å². The summed E-state index contributed by atoms with van der Waals surface area (Å²) in [4.78, 5) is 13.8. The van der Waals surface area contributed by atoms with E-state index in [-0.39, 0.29) is 11.5 Å². The number of benzene rings is 2. The smallest absolute Gasteiger partial charge is 0.200 e. The fourth-order valence-electron chi connectivity index (χ4n) is 1.89. The third kappa shape index (κ3) is 1.83. The molecule has 3 rings (SSSR count). The van der Waals surface area contributed by atoms with Crippen LogP contribution in [0.15, 0.2) is 58.3 Å². The average Bonchev–Trinajstić information content (AvgIpc) is 2.70. The third-order valence-electron chi connectivity index (χ3n) is 2.80. The molecule has 0 aromatic heterocycles. The van der Waals surface area contributed by atoms with Crippen molar-refractivity contribution in [1.29, 1.82) is 0 Å². The molecule has 0 saturated heterocycles. The number of Topliss-reactive ketones (excluding diaryl/α,β-unsaturated/α-hetero) is 1. The van der Waals surface area contributed by atoms with Crippen LogP contribution in [0.1, 0.15) is 15.9 Å². The minimum atomic E-state index is 0.0267. The fourth-order valence-corrected chi connectivity index (χ4v) is 2.93. The van der Waals surface area contributed by atoms with Crippen LogP contribution < -0.4 is 0 Å². The first-order valence-corrected chi connectivity index (χ1v) is 6.38. The van der Waals surface area contributed by atoms with Gasteiger partial charge in [0, 0.05) is 16.0 Å². The van der Waals surface area contributed by atoms with Crippen molar-refractivity contribution >= 4 is 23.6 Å². The maximum Gasteiger partial charge on any atom is 0.200 e. The number of rotatable bonds is 1. The molecule has 0 fully saturated rings. The third-order valence-corrected chi connectivity index (χ3v) is 3.90. The van der Waals surface area contributed by atoms with E-state index in [1.54, 1.807) is 24.3 Å². The second-order valence-corrected chi connectivity index (χ2v) is 5.08. The second-order valence-electron chi connectivity index (χ2n) is 3.99. The molecule has 0 bridgehead atoms. The highest BCUT2D eigenvalue weighted by Gasteiger charge is 2.25. The van der Waals surface area contributed by atoms with Gasteiger partial charge in [-0.3, -0.25) is 4.79 Å². The van der Waals surface area contributed by atoms with Crippen LogP contribution in [0, 0.1) is 0 Å². The van der Waals surface area contributed by atoms with Crippen LogP contribution in [0.25, 0.3) is 6.08 Å². The Bertz CT molecular complexity index is 659. The first-order valence-electron chi connectivity index (χ1n) is 5.57. The van der Waals surface area contributed by atoms with Gasteiger partial charge in [0.05, 0.1) is 4.91 Å². The molecule has 1 heterocycles. The second kappa shape index (κ2) is 4.35. The maximum atomic E-state index is 12.1. The van der Waals surface area contributed by atoms with Crippen molar-refractivity contribution in [3.63, 3.8) is 0 Å². The van der Waals surface area contributed by atoms with Gasteiger partial charge in [-0.2, -0.15) is 0 Å². The molecule has 0 saturated carbocycles. The molecule has 2 nitrogen and oxygen atoms in total. The number of carbonyl (C=O) groups is 1. The van der Waals surface area contributed by atoms with Crippen molar-refractivity contribution in [2.24, 2.45) is 0 Å². The van der Waals surface area contributed by atoms with Crippen molar-refractivity contribution in [3.8, 4) is 5.75 Å². The summed E-state index contributed by atoms with van der Waals surface area (Å²) in [5.74, 6) is 0.216. The number of phenols is 1. The van der Waals surface area contributed by atoms with Gasteiger partial charge in [-0.05, 0) is 24.3 Å². The van der Waals surface area contributed by atoms with E-state index >= 15 is 0 Å². The zero-order chi connectivity index (χ0) is 12.5. The predicted molar refractivity (Wildman–Crippen MR) is 72.7 cm³/mol. The summed E-state index contributed by atoms with van der Waals surface area (Å²) < 4.78 is 0. The highest BCUT2D eigenvalue weighted by molar-refractivity contribution is 8.04. The Hall–Kier alpha value is -2.00. The molecule has 2 aromatic rings. The van der Waals surface area contributed by atoms with Crippen LogP contribution in [0.3, 0.4) is 0 Å². The number of para-hydroxylation sites is 1. The van der Waals surface area contributed by atoms with Gasteiger partial charge in [0.15, 0.2) is 0 Å². The van der Waals surface area contributed by atoms with Crippen molar-refractivity contribution < 1.29 is 9.90 Å². The summed E-state index contributed by atoms with van der Waals surface area (Å²) >= 11 is 1.45. The molecule has 0 spiro atoms. The molecule has 0 atom stereocenters. The van der Waals surface area contributed by atoms with Gasteiger partial charge in [0.25, 0.3) is 0 Å². The monoisotopic (exact) mass is 254 g/mol. The quantitative estimate of drug-likeness (QED) is 0.788. The first-order chi connectivity index (χ1) is 8.75. The standard InChI is InChI=1S/C15H10O2S/c16-12-7-3-1-5-10(12)9-14-15(17)11-6-2-4-8-13(11)18-14/h1-9,16H/b14-9+. The predicted octanol–water partition coefficient (Wildman–Crippen LogP) is 3.72. The minimum Gasteiger partial charge on any atom is -0.507 e. The van der Waals surface area contributed by atoms with Crippen LogP contribution in [0.5, 0.6) is 5.75 Å². The van der Waals surface area contributed by atoms with Crippen LogP contribution in [0.2, 0.25) is 0 Å². The first kappa shape index (κ1) is 11.1. The topological polar surface area (TPSA) is 37.3 Å². The minimum absolute atomic E-state index is 0.0267. The summed E-state index contributed by atoms with van der Waals surface area (Å²) in [5, 5.41) is 9.71. The van der Waals surface area contributed by atoms with E-state index in [2.05, 4.69) is 0 Å². The number of thioether (sulfide) groups is 1. The number of ketones is 1. The lowest BCUT2D eigenvalue weighted by Crippen LogP contribution is -1.93. The Labute approximate surface area is 109 Å². The molecule has 1 N–H and O–H groups in total. The van der Waals surface area contributed by atoms with Crippen molar-refractivity contribution in [3.05, 3.63) is 64.6 Å². The summed E-state index contributed by atoms with van der Waals surface area (Å²) in [6.45, 7) is 0. The van der Waals surface area contributed by atoms with E-state index in [4.69, 9.17) is 0 Å². The Morgan fingerprint density at radius 2 is 1.72 bits per heavy atom. The summed E-state index contributed by atoms with van der Waals surface area (Å²) in [7, 11) is 0. The Morgan fingerprint density at radius 3 is 2.50 bits per heavy atom. The number of phenolic OH excluding ortho intramolecular Hbond substituents is 1. The van der Waals surface area contributed by atoms with Crippen molar-refractivity contribution in [1.82, 2.24) is 0 Å².